The van der Waals surface area contributed by atoms with Crippen molar-refractivity contribution in [2.45, 2.75) is 19.4 Å². The molecule has 0 amide bonds. The van der Waals surface area contributed by atoms with E-state index in [0.29, 0.717) is 19.1 Å². The average Bonchev–Trinajstić information content (AvgIpc) is 2.53. The lowest BCUT2D eigenvalue weighted by molar-refractivity contribution is 0.199. The maximum Gasteiger partial charge on any atom is 0.0587 e. The van der Waals surface area contributed by atoms with E-state index in [-0.39, 0.29) is 0 Å². The van der Waals surface area contributed by atoms with Crippen LogP contribution in [-0.2, 0) is 11.3 Å². The van der Waals surface area contributed by atoms with Crippen molar-refractivity contribution in [3.05, 3.63) is 28.8 Å². The minimum absolute atomic E-state index is 0.306. The predicted molar refractivity (Wildman–Crippen MR) is 87.1 cm³/mol. The van der Waals surface area contributed by atoms with Crippen LogP contribution in [0.25, 0.3) is 0 Å². The number of aliphatic hydroxyl groups is 1. The number of hydrogen-bond acceptors (Lipinski definition) is 4. The molecule has 0 bridgehead atoms. The van der Waals surface area contributed by atoms with Gasteiger partial charge in [0.25, 0.3) is 0 Å². The zero-order chi connectivity index (χ0) is 15.1. The molecule has 0 aliphatic carbocycles. The smallest absolute Gasteiger partial charge is 0.0587 e. The van der Waals surface area contributed by atoms with Crippen LogP contribution in [0.15, 0.2) is 18.2 Å². The van der Waals surface area contributed by atoms with Crippen molar-refractivity contribution in [3.8, 4) is 0 Å². The maximum atomic E-state index is 9.19. The zero-order valence-corrected chi connectivity index (χ0v) is 13.4. The molecular formula is C16H25ClN2O2. The van der Waals surface area contributed by atoms with Crippen molar-refractivity contribution < 1.29 is 9.84 Å². The minimum atomic E-state index is 0.306. The summed E-state index contributed by atoms with van der Waals surface area (Å²) < 4.78 is 5.01. The van der Waals surface area contributed by atoms with E-state index in [1.54, 1.807) is 7.11 Å². The van der Waals surface area contributed by atoms with Crippen molar-refractivity contribution >= 4 is 17.3 Å². The van der Waals surface area contributed by atoms with Crippen LogP contribution in [0, 0.1) is 5.92 Å². The zero-order valence-electron chi connectivity index (χ0n) is 12.6. The lowest BCUT2D eigenvalue weighted by atomic mass is 9.97. The van der Waals surface area contributed by atoms with Crippen molar-refractivity contribution in [2.24, 2.45) is 5.92 Å². The lowest BCUT2D eigenvalue weighted by Gasteiger charge is -2.33. The third-order valence-corrected chi connectivity index (χ3v) is 4.42. The Hall–Kier alpha value is -0.810. The van der Waals surface area contributed by atoms with Crippen molar-refractivity contribution in [3.63, 3.8) is 0 Å². The second-order valence-corrected chi connectivity index (χ2v) is 5.97. The fourth-order valence-corrected chi connectivity index (χ4v) is 2.89. The fraction of sp³-hybridized carbons (Fsp3) is 0.625. The predicted octanol–water partition coefficient (Wildman–Crippen LogP) is 2.28. The molecule has 0 spiro atoms. The number of nitrogens with zero attached hydrogens (tertiary/aromatic N) is 1. The van der Waals surface area contributed by atoms with Crippen molar-refractivity contribution in [1.82, 2.24) is 5.32 Å². The summed E-state index contributed by atoms with van der Waals surface area (Å²) in [5.41, 5.74) is 2.29. The molecule has 1 fully saturated rings. The average molecular weight is 313 g/mol. The summed E-state index contributed by atoms with van der Waals surface area (Å²) in [7, 11) is 1.70. The number of rotatable bonds is 7. The molecule has 0 aromatic heterocycles. The van der Waals surface area contributed by atoms with Crippen molar-refractivity contribution in [1.29, 1.82) is 0 Å². The molecule has 0 radical (unpaired) electrons. The normalized spacial score (nSPS) is 16.4. The van der Waals surface area contributed by atoms with Crippen LogP contribution >= 0.6 is 11.6 Å². The van der Waals surface area contributed by atoms with Gasteiger partial charge in [0, 0.05) is 50.6 Å². The molecule has 4 nitrogen and oxygen atoms in total. The van der Waals surface area contributed by atoms with E-state index in [1.807, 2.05) is 6.07 Å². The summed E-state index contributed by atoms with van der Waals surface area (Å²) >= 11 is 6.38. The Balaban J connectivity index is 1.89. The van der Waals surface area contributed by atoms with Crippen molar-refractivity contribution in [2.75, 3.05) is 44.9 Å². The largest absolute Gasteiger partial charge is 0.396 e. The second kappa shape index (κ2) is 8.59. The quantitative estimate of drug-likeness (QED) is 0.758. The number of benzene rings is 1. The molecule has 5 heteroatoms. The first-order valence-electron chi connectivity index (χ1n) is 7.58. The first kappa shape index (κ1) is 16.6. The lowest BCUT2D eigenvalue weighted by Crippen LogP contribution is -2.34. The number of anilines is 1. The van der Waals surface area contributed by atoms with Gasteiger partial charge in [-0.3, -0.25) is 0 Å². The van der Waals surface area contributed by atoms with E-state index >= 15 is 0 Å². The number of nitrogens with one attached hydrogen (secondary N) is 1. The molecular weight excluding hydrogens is 288 g/mol. The van der Waals surface area contributed by atoms with Crippen LogP contribution in [0.2, 0.25) is 5.02 Å². The molecule has 1 aliphatic rings. The summed E-state index contributed by atoms with van der Waals surface area (Å²) in [6.07, 6.45) is 2.10. The standard InChI is InChI=1S/C16H25ClN2O2/c1-21-9-6-18-11-14-2-3-15(10-16(14)17)19-7-4-13(12-20)5-8-19/h2-3,10,13,18,20H,4-9,11-12H2,1H3. The molecule has 2 rings (SSSR count). The Kier molecular flexibility index (Phi) is 6.77. The number of halogens is 1. The van der Waals surface area contributed by atoms with Gasteiger partial charge in [-0.05, 0) is 36.5 Å². The summed E-state index contributed by atoms with van der Waals surface area (Å²) in [5, 5.41) is 13.3. The van der Waals surface area contributed by atoms with E-state index < -0.39 is 0 Å². The number of hydrogen-bond donors (Lipinski definition) is 2. The molecule has 0 atom stereocenters. The Labute approximate surface area is 132 Å². The van der Waals surface area contributed by atoms with E-state index in [0.717, 1.165) is 49.6 Å². The van der Waals surface area contributed by atoms with Crippen LogP contribution in [0.5, 0.6) is 0 Å². The van der Waals surface area contributed by atoms with Crippen LogP contribution in [0.4, 0.5) is 5.69 Å². The van der Waals surface area contributed by atoms with Gasteiger partial charge in [0.2, 0.25) is 0 Å². The highest BCUT2D eigenvalue weighted by Crippen LogP contribution is 2.27. The molecule has 1 saturated heterocycles. The topological polar surface area (TPSA) is 44.7 Å². The van der Waals surface area contributed by atoms with E-state index in [2.05, 4.69) is 22.3 Å². The van der Waals surface area contributed by atoms with Crippen LogP contribution < -0.4 is 10.2 Å². The van der Waals surface area contributed by atoms with Gasteiger partial charge in [-0.1, -0.05) is 17.7 Å². The number of piperidine rings is 1. The summed E-state index contributed by atoms with van der Waals surface area (Å²) in [5.74, 6) is 0.459. The summed E-state index contributed by atoms with van der Waals surface area (Å²) in [6, 6.07) is 6.28. The molecule has 0 saturated carbocycles. The fourth-order valence-electron chi connectivity index (χ4n) is 2.65. The molecule has 21 heavy (non-hydrogen) atoms. The summed E-state index contributed by atoms with van der Waals surface area (Å²) in [4.78, 5) is 2.35. The number of aliphatic hydroxyl groups excluding tert-OH is 1. The third-order valence-electron chi connectivity index (χ3n) is 4.07. The molecule has 118 valence electrons. The Morgan fingerprint density at radius 3 is 2.76 bits per heavy atom. The summed E-state index contributed by atoms with van der Waals surface area (Å²) in [6.45, 7) is 4.58. The molecule has 0 unspecified atom stereocenters. The third kappa shape index (κ3) is 4.85. The highest BCUT2D eigenvalue weighted by molar-refractivity contribution is 6.31. The van der Waals surface area contributed by atoms with E-state index in [1.165, 1.54) is 5.69 Å². The van der Waals surface area contributed by atoms with Gasteiger partial charge in [-0.15, -0.1) is 0 Å². The van der Waals surface area contributed by atoms with Gasteiger partial charge in [0.1, 0.15) is 0 Å². The first-order valence-corrected chi connectivity index (χ1v) is 7.96. The SMILES string of the molecule is COCCNCc1ccc(N2CCC(CO)CC2)cc1Cl. The molecule has 1 aromatic carbocycles. The monoisotopic (exact) mass is 312 g/mol. The van der Waals surface area contributed by atoms with Gasteiger partial charge in [-0.25, -0.2) is 0 Å². The molecule has 1 aromatic rings. The minimum Gasteiger partial charge on any atom is -0.396 e. The highest BCUT2D eigenvalue weighted by atomic mass is 35.5. The van der Waals surface area contributed by atoms with Crippen LogP contribution in [-0.4, -0.2) is 45.1 Å². The van der Waals surface area contributed by atoms with Crippen LogP contribution in [0.3, 0.4) is 0 Å². The second-order valence-electron chi connectivity index (χ2n) is 5.56. The van der Waals surface area contributed by atoms with Gasteiger partial charge in [-0.2, -0.15) is 0 Å². The number of methoxy groups -OCH3 is 1. The first-order chi connectivity index (χ1) is 10.2. The maximum absolute atomic E-state index is 9.19. The Morgan fingerprint density at radius 2 is 2.14 bits per heavy atom. The Bertz CT molecular complexity index is 434. The van der Waals surface area contributed by atoms with Gasteiger partial charge in [0.15, 0.2) is 0 Å². The van der Waals surface area contributed by atoms with E-state index in [4.69, 9.17) is 16.3 Å². The van der Waals surface area contributed by atoms with Gasteiger partial charge in [0.05, 0.1) is 6.61 Å². The van der Waals surface area contributed by atoms with Gasteiger partial charge < -0.3 is 20.1 Å². The van der Waals surface area contributed by atoms with Gasteiger partial charge >= 0.3 is 0 Å². The Morgan fingerprint density at radius 1 is 1.38 bits per heavy atom. The molecule has 1 aliphatic heterocycles. The van der Waals surface area contributed by atoms with Crippen LogP contribution in [0.1, 0.15) is 18.4 Å². The van der Waals surface area contributed by atoms with E-state index in [9.17, 15) is 5.11 Å². The highest BCUT2D eigenvalue weighted by Gasteiger charge is 2.19. The molecule has 1 heterocycles. The molecule has 2 N–H and O–H groups in total. The number of ether oxygens (including phenoxy) is 1.